The quantitative estimate of drug-likeness (QED) is 0.811. The van der Waals surface area contributed by atoms with Crippen molar-refractivity contribution >= 4 is 23.4 Å². The molecule has 2 amide bonds. The van der Waals surface area contributed by atoms with Crippen molar-refractivity contribution in [3.63, 3.8) is 0 Å². The second-order valence-corrected chi connectivity index (χ2v) is 5.75. The first-order valence-corrected chi connectivity index (χ1v) is 8.09. The zero-order valence-electron chi connectivity index (χ0n) is 13.7. The van der Waals surface area contributed by atoms with Crippen LogP contribution in [0.1, 0.15) is 0 Å². The van der Waals surface area contributed by atoms with E-state index in [1.165, 1.54) is 17.0 Å². The monoisotopic (exact) mass is 349 g/mol. The topological polar surface area (TPSA) is 71.1 Å². The SMILES string of the molecule is C=CCNC(=O)C1CN(c2ccc(N3CCOCC3)c(F)c2)C(=O)O1. The maximum absolute atomic E-state index is 14.5. The molecular formula is C17H20FN3O4. The molecule has 0 spiro atoms. The highest BCUT2D eigenvalue weighted by Gasteiger charge is 2.37. The molecule has 1 aromatic rings. The second-order valence-electron chi connectivity index (χ2n) is 5.75. The van der Waals surface area contributed by atoms with E-state index >= 15 is 0 Å². The molecule has 2 aliphatic rings. The normalized spacial score (nSPS) is 20.4. The lowest BCUT2D eigenvalue weighted by Crippen LogP contribution is -2.37. The maximum atomic E-state index is 14.5. The van der Waals surface area contributed by atoms with Gasteiger partial charge in [0.05, 0.1) is 31.1 Å². The van der Waals surface area contributed by atoms with E-state index in [0.29, 0.717) is 37.7 Å². The van der Waals surface area contributed by atoms with Crippen molar-refractivity contribution in [1.82, 2.24) is 5.32 Å². The van der Waals surface area contributed by atoms with E-state index in [1.807, 2.05) is 4.90 Å². The number of nitrogens with one attached hydrogen (secondary N) is 1. The van der Waals surface area contributed by atoms with Gasteiger partial charge in [-0.1, -0.05) is 6.08 Å². The van der Waals surface area contributed by atoms with E-state index in [9.17, 15) is 14.0 Å². The molecule has 25 heavy (non-hydrogen) atoms. The summed E-state index contributed by atoms with van der Waals surface area (Å²) in [5, 5.41) is 2.58. The van der Waals surface area contributed by atoms with Gasteiger partial charge >= 0.3 is 6.09 Å². The molecule has 2 heterocycles. The summed E-state index contributed by atoms with van der Waals surface area (Å²) < 4.78 is 24.8. The average Bonchev–Trinajstić information content (AvgIpc) is 3.02. The number of ether oxygens (including phenoxy) is 2. The molecule has 7 nitrogen and oxygen atoms in total. The van der Waals surface area contributed by atoms with Gasteiger partial charge in [-0.25, -0.2) is 9.18 Å². The third-order valence-electron chi connectivity index (χ3n) is 4.12. The first kappa shape index (κ1) is 17.2. The number of morpholine rings is 1. The summed E-state index contributed by atoms with van der Waals surface area (Å²) in [6, 6.07) is 4.57. The van der Waals surface area contributed by atoms with Crippen LogP contribution < -0.4 is 15.1 Å². The minimum atomic E-state index is -0.922. The van der Waals surface area contributed by atoms with Gasteiger partial charge in [0, 0.05) is 19.6 Å². The summed E-state index contributed by atoms with van der Waals surface area (Å²) in [5.74, 6) is -0.826. The molecule has 0 aliphatic carbocycles. The minimum Gasteiger partial charge on any atom is -0.434 e. The Morgan fingerprint density at radius 3 is 2.84 bits per heavy atom. The third-order valence-corrected chi connectivity index (χ3v) is 4.12. The van der Waals surface area contributed by atoms with Crippen molar-refractivity contribution < 1.29 is 23.5 Å². The van der Waals surface area contributed by atoms with E-state index in [1.54, 1.807) is 12.1 Å². The van der Waals surface area contributed by atoms with Crippen LogP contribution in [0.25, 0.3) is 0 Å². The van der Waals surface area contributed by atoms with Crippen molar-refractivity contribution in [3.05, 3.63) is 36.7 Å². The number of benzene rings is 1. The number of rotatable bonds is 5. The van der Waals surface area contributed by atoms with Crippen LogP contribution in [-0.2, 0) is 14.3 Å². The van der Waals surface area contributed by atoms with Crippen molar-refractivity contribution in [2.75, 3.05) is 49.2 Å². The van der Waals surface area contributed by atoms with E-state index in [2.05, 4.69) is 11.9 Å². The Balaban J connectivity index is 1.71. The van der Waals surface area contributed by atoms with Crippen LogP contribution in [0.4, 0.5) is 20.6 Å². The van der Waals surface area contributed by atoms with Gasteiger partial charge in [0.1, 0.15) is 5.82 Å². The highest BCUT2D eigenvalue weighted by atomic mass is 19.1. The fraction of sp³-hybridized carbons (Fsp3) is 0.412. The molecular weight excluding hydrogens is 329 g/mol. The highest BCUT2D eigenvalue weighted by molar-refractivity contribution is 5.95. The van der Waals surface area contributed by atoms with Crippen molar-refractivity contribution in [2.24, 2.45) is 0 Å². The Morgan fingerprint density at radius 1 is 1.40 bits per heavy atom. The largest absolute Gasteiger partial charge is 0.434 e. The van der Waals surface area contributed by atoms with E-state index < -0.39 is 23.9 Å². The molecule has 0 saturated carbocycles. The molecule has 8 heteroatoms. The van der Waals surface area contributed by atoms with Gasteiger partial charge < -0.3 is 19.7 Å². The first-order valence-electron chi connectivity index (χ1n) is 8.09. The lowest BCUT2D eigenvalue weighted by molar-refractivity contribution is -0.127. The fourth-order valence-electron chi connectivity index (χ4n) is 2.82. The molecule has 0 radical (unpaired) electrons. The molecule has 1 atom stereocenters. The van der Waals surface area contributed by atoms with E-state index in [4.69, 9.17) is 9.47 Å². The molecule has 2 aliphatic heterocycles. The molecule has 2 saturated heterocycles. The molecule has 2 fully saturated rings. The van der Waals surface area contributed by atoms with Crippen LogP contribution in [0.2, 0.25) is 0 Å². The zero-order chi connectivity index (χ0) is 17.8. The zero-order valence-corrected chi connectivity index (χ0v) is 13.7. The van der Waals surface area contributed by atoms with E-state index in [0.717, 1.165) is 0 Å². The Labute approximate surface area is 145 Å². The minimum absolute atomic E-state index is 0.0398. The fourth-order valence-corrected chi connectivity index (χ4v) is 2.82. The summed E-state index contributed by atoms with van der Waals surface area (Å²) in [4.78, 5) is 27.1. The molecule has 3 rings (SSSR count). The second kappa shape index (κ2) is 7.52. The van der Waals surface area contributed by atoms with Crippen molar-refractivity contribution in [2.45, 2.75) is 6.10 Å². The summed E-state index contributed by atoms with van der Waals surface area (Å²) in [7, 11) is 0. The lowest BCUT2D eigenvalue weighted by Gasteiger charge is -2.29. The standard InChI is InChI=1S/C17H20FN3O4/c1-2-5-19-16(22)15-11-21(17(23)25-15)12-3-4-14(13(18)10-12)20-6-8-24-9-7-20/h2-4,10,15H,1,5-9,11H2,(H,19,22). The Hall–Kier alpha value is -2.61. The number of hydrogen-bond acceptors (Lipinski definition) is 5. The summed E-state index contributed by atoms with van der Waals surface area (Å²) in [5.41, 5.74) is 0.832. The Bertz CT molecular complexity index is 676. The van der Waals surface area contributed by atoms with Crippen molar-refractivity contribution in [3.8, 4) is 0 Å². The lowest BCUT2D eigenvalue weighted by atomic mass is 10.2. The van der Waals surface area contributed by atoms with Crippen LogP contribution in [0.15, 0.2) is 30.9 Å². The van der Waals surface area contributed by atoms with Gasteiger partial charge in [-0.05, 0) is 18.2 Å². The predicted octanol–water partition coefficient (Wildman–Crippen LogP) is 1.29. The molecule has 1 unspecified atom stereocenters. The van der Waals surface area contributed by atoms with Crippen LogP contribution in [0.5, 0.6) is 0 Å². The average molecular weight is 349 g/mol. The summed E-state index contributed by atoms with van der Waals surface area (Å²) >= 11 is 0. The number of hydrogen-bond donors (Lipinski definition) is 1. The number of nitrogens with zero attached hydrogens (tertiary/aromatic N) is 2. The molecule has 0 bridgehead atoms. The maximum Gasteiger partial charge on any atom is 0.415 e. The van der Waals surface area contributed by atoms with Gasteiger partial charge in [-0.15, -0.1) is 6.58 Å². The number of anilines is 2. The number of carbonyl (C=O) groups is 2. The smallest absolute Gasteiger partial charge is 0.415 e. The predicted molar refractivity (Wildman–Crippen MR) is 90.3 cm³/mol. The summed E-state index contributed by atoms with van der Waals surface area (Å²) in [6.07, 6.45) is -0.0571. The van der Waals surface area contributed by atoms with Gasteiger partial charge in [0.15, 0.2) is 6.10 Å². The molecule has 1 aromatic carbocycles. The third kappa shape index (κ3) is 3.74. The first-order chi connectivity index (χ1) is 12.1. The number of cyclic esters (lactones) is 1. The number of carbonyl (C=O) groups excluding carboxylic acids is 2. The Kier molecular flexibility index (Phi) is 5.18. The van der Waals surface area contributed by atoms with Crippen LogP contribution in [0.3, 0.4) is 0 Å². The van der Waals surface area contributed by atoms with Crippen LogP contribution in [-0.4, -0.2) is 57.5 Å². The van der Waals surface area contributed by atoms with Gasteiger partial charge in [0.2, 0.25) is 0 Å². The number of amides is 2. The Morgan fingerprint density at radius 2 is 2.16 bits per heavy atom. The highest BCUT2D eigenvalue weighted by Crippen LogP contribution is 2.28. The summed E-state index contributed by atoms with van der Waals surface area (Å²) in [6.45, 7) is 6.18. The molecule has 0 aromatic heterocycles. The number of halogens is 1. The van der Waals surface area contributed by atoms with Gasteiger partial charge in [-0.3, -0.25) is 9.69 Å². The van der Waals surface area contributed by atoms with E-state index in [-0.39, 0.29) is 13.1 Å². The van der Waals surface area contributed by atoms with Gasteiger partial charge in [0.25, 0.3) is 5.91 Å². The molecule has 134 valence electrons. The van der Waals surface area contributed by atoms with Crippen LogP contribution in [0, 0.1) is 5.82 Å². The van der Waals surface area contributed by atoms with Crippen molar-refractivity contribution in [1.29, 1.82) is 0 Å². The molecule has 1 N–H and O–H groups in total. The van der Waals surface area contributed by atoms with Crippen LogP contribution >= 0.6 is 0 Å². The van der Waals surface area contributed by atoms with Gasteiger partial charge in [-0.2, -0.15) is 0 Å².